The molecule has 1 saturated heterocycles. The van der Waals surface area contributed by atoms with Crippen LogP contribution in [0.4, 0.5) is 5.82 Å². The number of aromatic nitrogens is 1. The highest BCUT2D eigenvalue weighted by Gasteiger charge is 2.21. The first-order chi connectivity index (χ1) is 8.06. The minimum Gasteiger partial charge on any atom is -0.384 e. The first kappa shape index (κ1) is 12.1. The average molecular weight is 255 g/mol. The van der Waals surface area contributed by atoms with Gasteiger partial charge in [-0.2, -0.15) is 0 Å². The summed E-state index contributed by atoms with van der Waals surface area (Å²) in [4.78, 5) is 19.5. The fraction of sp³-hybridized carbons (Fsp3) is 0.455. The molecule has 0 spiro atoms. The largest absolute Gasteiger partial charge is 0.384 e. The van der Waals surface area contributed by atoms with Gasteiger partial charge in [0.25, 0.3) is 0 Å². The number of halogens is 1. The molecule has 0 aromatic carbocycles. The Balaban J connectivity index is 2.06. The molecule has 5 nitrogen and oxygen atoms in total. The number of amides is 1. The van der Waals surface area contributed by atoms with Gasteiger partial charge in [0.05, 0.1) is 17.3 Å². The van der Waals surface area contributed by atoms with E-state index in [1.807, 2.05) is 11.9 Å². The molecule has 2 heterocycles. The van der Waals surface area contributed by atoms with Crippen LogP contribution >= 0.6 is 11.6 Å². The molecule has 0 saturated carbocycles. The van der Waals surface area contributed by atoms with E-state index in [4.69, 9.17) is 17.3 Å². The van der Waals surface area contributed by atoms with E-state index in [0.29, 0.717) is 23.9 Å². The number of nitrogen functional groups attached to an aromatic ring is 1. The van der Waals surface area contributed by atoms with Gasteiger partial charge in [-0.15, -0.1) is 0 Å². The van der Waals surface area contributed by atoms with Gasteiger partial charge in [0, 0.05) is 26.7 Å². The molecule has 1 aliphatic rings. The van der Waals surface area contributed by atoms with Gasteiger partial charge in [-0.05, 0) is 12.1 Å². The highest BCUT2D eigenvalue weighted by atomic mass is 35.5. The summed E-state index contributed by atoms with van der Waals surface area (Å²) in [5, 5.41) is 0.588. The van der Waals surface area contributed by atoms with Gasteiger partial charge < -0.3 is 10.6 Å². The van der Waals surface area contributed by atoms with E-state index in [-0.39, 0.29) is 5.91 Å². The molecule has 0 aliphatic carbocycles. The molecule has 92 valence electrons. The second-order valence-electron chi connectivity index (χ2n) is 4.19. The lowest BCUT2D eigenvalue weighted by molar-refractivity contribution is -0.134. The second kappa shape index (κ2) is 4.89. The van der Waals surface area contributed by atoms with Crippen LogP contribution in [0.3, 0.4) is 0 Å². The van der Waals surface area contributed by atoms with Crippen LogP contribution < -0.4 is 5.73 Å². The van der Waals surface area contributed by atoms with E-state index in [1.54, 1.807) is 17.0 Å². The minimum atomic E-state index is 0.122. The molecule has 0 radical (unpaired) electrons. The Labute approximate surface area is 105 Å². The molecule has 1 aromatic rings. The number of pyridine rings is 1. The van der Waals surface area contributed by atoms with Gasteiger partial charge in [0.15, 0.2) is 0 Å². The van der Waals surface area contributed by atoms with Gasteiger partial charge in [0.1, 0.15) is 5.82 Å². The molecule has 0 atom stereocenters. The van der Waals surface area contributed by atoms with Gasteiger partial charge in [0.2, 0.25) is 5.91 Å². The minimum absolute atomic E-state index is 0.122. The Morgan fingerprint density at radius 1 is 1.47 bits per heavy atom. The Morgan fingerprint density at radius 2 is 2.24 bits per heavy atom. The maximum absolute atomic E-state index is 11.6. The Kier molecular flexibility index (Phi) is 3.49. The van der Waals surface area contributed by atoms with Gasteiger partial charge >= 0.3 is 0 Å². The number of nitrogens with zero attached hydrogens (tertiary/aromatic N) is 3. The highest BCUT2D eigenvalue weighted by Crippen LogP contribution is 2.17. The standard InChI is InChI=1S/C11H15ClN4O/c1-15-4-5-16(7-11(15)17)6-9-8(12)2-3-10(13)14-9/h2-3H,4-7H2,1H3,(H2,13,14). The second-order valence-corrected chi connectivity index (χ2v) is 4.60. The number of hydrogen-bond donors (Lipinski definition) is 1. The van der Waals surface area contributed by atoms with Crippen molar-refractivity contribution in [2.75, 3.05) is 32.4 Å². The molecule has 1 aliphatic heterocycles. The first-order valence-corrected chi connectivity index (χ1v) is 5.81. The summed E-state index contributed by atoms with van der Waals surface area (Å²) in [6.07, 6.45) is 0. The fourth-order valence-electron chi connectivity index (χ4n) is 1.77. The summed E-state index contributed by atoms with van der Waals surface area (Å²) in [6.45, 7) is 2.53. The number of carbonyl (C=O) groups is 1. The fourth-order valence-corrected chi connectivity index (χ4v) is 1.93. The van der Waals surface area contributed by atoms with E-state index in [2.05, 4.69) is 4.98 Å². The van der Waals surface area contributed by atoms with E-state index in [1.165, 1.54) is 0 Å². The maximum Gasteiger partial charge on any atom is 0.236 e. The zero-order valence-corrected chi connectivity index (χ0v) is 10.4. The molecular weight excluding hydrogens is 240 g/mol. The zero-order valence-electron chi connectivity index (χ0n) is 9.69. The zero-order chi connectivity index (χ0) is 12.4. The Morgan fingerprint density at radius 3 is 2.94 bits per heavy atom. The van der Waals surface area contributed by atoms with Crippen LogP contribution in [-0.2, 0) is 11.3 Å². The van der Waals surface area contributed by atoms with Gasteiger partial charge in [-0.25, -0.2) is 4.98 Å². The van der Waals surface area contributed by atoms with Crippen molar-refractivity contribution in [2.24, 2.45) is 0 Å². The number of hydrogen-bond acceptors (Lipinski definition) is 4. The molecule has 1 aromatic heterocycles. The van der Waals surface area contributed by atoms with Crippen molar-refractivity contribution in [1.82, 2.24) is 14.8 Å². The molecule has 2 N–H and O–H groups in total. The van der Waals surface area contributed by atoms with Crippen LogP contribution in [0, 0.1) is 0 Å². The number of rotatable bonds is 2. The van der Waals surface area contributed by atoms with Crippen molar-refractivity contribution in [3.63, 3.8) is 0 Å². The number of nitrogens with two attached hydrogens (primary N) is 1. The summed E-state index contributed by atoms with van der Waals surface area (Å²) in [7, 11) is 1.81. The van der Waals surface area contributed by atoms with Crippen molar-refractivity contribution in [3.8, 4) is 0 Å². The lowest BCUT2D eigenvalue weighted by Crippen LogP contribution is -2.48. The number of piperazine rings is 1. The predicted octanol–water partition coefficient (Wildman–Crippen LogP) is 0.591. The van der Waals surface area contributed by atoms with Crippen molar-refractivity contribution >= 4 is 23.3 Å². The third kappa shape index (κ3) is 2.87. The van der Waals surface area contributed by atoms with Crippen LogP contribution in [-0.4, -0.2) is 47.4 Å². The lowest BCUT2D eigenvalue weighted by Gasteiger charge is -2.31. The topological polar surface area (TPSA) is 62.5 Å². The van der Waals surface area contributed by atoms with E-state index in [0.717, 1.165) is 18.8 Å². The molecule has 0 unspecified atom stereocenters. The summed E-state index contributed by atoms with van der Waals surface area (Å²) in [5.41, 5.74) is 6.34. The molecule has 0 bridgehead atoms. The SMILES string of the molecule is CN1CCN(Cc2nc(N)ccc2Cl)CC1=O. The molecule has 1 amide bonds. The molecule has 17 heavy (non-hydrogen) atoms. The van der Waals surface area contributed by atoms with E-state index >= 15 is 0 Å². The normalized spacial score (nSPS) is 17.5. The molecular formula is C11H15ClN4O. The summed E-state index contributed by atoms with van der Waals surface area (Å²) >= 11 is 6.04. The van der Waals surface area contributed by atoms with Crippen LogP contribution in [0.5, 0.6) is 0 Å². The predicted molar refractivity (Wildman–Crippen MR) is 66.6 cm³/mol. The Bertz CT molecular complexity index is 437. The molecule has 1 fully saturated rings. The van der Waals surface area contributed by atoms with Crippen LogP contribution in [0.25, 0.3) is 0 Å². The smallest absolute Gasteiger partial charge is 0.236 e. The monoisotopic (exact) mass is 254 g/mol. The Hall–Kier alpha value is -1.33. The van der Waals surface area contributed by atoms with Crippen LogP contribution in [0.1, 0.15) is 5.69 Å². The summed E-state index contributed by atoms with van der Waals surface area (Å²) in [6, 6.07) is 3.40. The van der Waals surface area contributed by atoms with Crippen LogP contribution in [0.2, 0.25) is 5.02 Å². The number of likely N-dealkylation sites (N-methyl/N-ethyl adjacent to an activating group) is 1. The van der Waals surface area contributed by atoms with E-state index in [9.17, 15) is 4.79 Å². The number of anilines is 1. The maximum atomic E-state index is 11.6. The molecule has 6 heteroatoms. The van der Waals surface area contributed by atoms with Gasteiger partial charge in [-0.1, -0.05) is 11.6 Å². The van der Waals surface area contributed by atoms with Crippen molar-refractivity contribution < 1.29 is 4.79 Å². The lowest BCUT2D eigenvalue weighted by atomic mass is 10.2. The van der Waals surface area contributed by atoms with Crippen molar-refractivity contribution in [1.29, 1.82) is 0 Å². The average Bonchev–Trinajstić information content (AvgIpc) is 2.29. The van der Waals surface area contributed by atoms with Gasteiger partial charge in [-0.3, -0.25) is 9.69 Å². The van der Waals surface area contributed by atoms with Crippen molar-refractivity contribution in [2.45, 2.75) is 6.54 Å². The summed E-state index contributed by atoms with van der Waals surface area (Å²) in [5.74, 6) is 0.570. The third-order valence-corrected chi connectivity index (χ3v) is 3.19. The number of carbonyl (C=O) groups excluding carboxylic acids is 1. The van der Waals surface area contributed by atoms with Crippen molar-refractivity contribution in [3.05, 3.63) is 22.8 Å². The van der Waals surface area contributed by atoms with E-state index < -0.39 is 0 Å². The van der Waals surface area contributed by atoms with Crippen LogP contribution in [0.15, 0.2) is 12.1 Å². The highest BCUT2D eigenvalue weighted by molar-refractivity contribution is 6.31. The summed E-state index contributed by atoms with van der Waals surface area (Å²) < 4.78 is 0. The quantitative estimate of drug-likeness (QED) is 0.839. The molecule has 2 rings (SSSR count). The third-order valence-electron chi connectivity index (χ3n) is 2.85. The first-order valence-electron chi connectivity index (χ1n) is 5.43.